The summed E-state index contributed by atoms with van der Waals surface area (Å²) in [7, 11) is 0. The number of tetrazole rings is 1. The molecule has 1 heterocycles. The minimum atomic E-state index is -0.716. The molecule has 8 nitrogen and oxygen atoms in total. The first-order valence-corrected chi connectivity index (χ1v) is 6.43. The molecule has 21 heavy (non-hydrogen) atoms. The fourth-order valence-electron chi connectivity index (χ4n) is 1.69. The molecule has 1 aromatic heterocycles. The highest BCUT2D eigenvalue weighted by molar-refractivity contribution is 5.97. The molecule has 110 valence electrons. The van der Waals surface area contributed by atoms with Crippen molar-refractivity contribution < 1.29 is 14.3 Å². The first-order chi connectivity index (χ1) is 10.1. The second kappa shape index (κ2) is 6.60. The maximum atomic E-state index is 12.1. The molecule has 0 radical (unpaired) electrons. The quantitative estimate of drug-likeness (QED) is 0.778. The van der Waals surface area contributed by atoms with Gasteiger partial charge in [-0.25, -0.2) is 4.79 Å². The van der Waals surface area contributed by atoms with Crippen LogP contribution in [0, 0.1) is 0 Å². The lowest BCUT2D eigenvalue weighted by atomic mass is 10.1. The van der Waals surface area contributed by atoms with Crippen LogP contribution >= 0.6 is 0 Å². The van der Waals surface area contributed by atoms with Crippen molar-refractivity contribution in [3.8, 4) is 11.4 Å². The SMILES string of the molecule is CCOC(=O)C(C)NC(=O)c1cccc(-c2nn[nH]n2)c1. The Hall–Kier alpha value is -2.77. The average Bonchev–Trinajstić information content (AvgIpc) is 3.01. The van der Waals surface area contributed by atoms with Gasteiger partial charge in [0.05, 0.1) is 6.61 Å². The molecule has 0 spiro atoms. The van der Waals surface area contributed by atoms with Crippen molar-refractivity contribution in [3.05, 3.63) is 29.8 Å². The Morgan fingerprint density at radius 2 is 2.24 bits per heavy atom. The lowest BCUT2D eigenvalue weighted by molar-refractivity contribution is -0.144. The van der Waals surface area contributed by atoms with E-state index < -0.39 is 12.0 Å². The van der Waals surface area contributed by atoms with E-state index in [2.05, 4.69) is 25.9 Å². The molecule has 2 N–H and O–H groups in total. The zero-order valence-electron chi connectivity index (χ0n) is 11.7. The maximum Gasteiger partial charge on any atom is 0.328 e. The summed E-state index contributed by atoms with van der Waals surface area (Å²) in [4.78, 5) is 23.6. The first kappa shape index (κ1) is 14.6. The van der Waals surface area contributed by atoms with Gasteiger partial charge in [-0.3, -0.25) is 4.79 Å². The molecule has 0 aliphatic heterocycles. The van der Waals surface area contributed by atoms with E-state index in [4.69, 9.17) is 4.74 Å². The van der Waals surface area contributed by atoms with E-state index in [1.165, 1.54) is 0 Å². The highest BCUT2D eigenvalue weighted by atomic mass is 16.5. The Balaban J connectivity index is 2.09. The zero-order valence-corrected chi connectivity index (χ0v) is 11.7. The number of rotatable bonds is 5. The summed E-state index contributed by atoms with van der Waals surface area (Å²) >= 11 is 0. The van der Waals surface area contributed by atoms with Crippen LogP contribution in [-0.2, 0) is 9.53 Å². The van der Waals surface area contributed by atoms with Gasteiger partial charge in [-0.05, 0) is 31.2 Å². The zero-order chi connectivity index (χ0) is 15.2. The van der Waals surface area contributed by atoms with E-state index in [9.17, 15) is 9.59 Å². The van der Waals surface area contributed by atoms with Crippen molar-refractivity contribution in [2.24, 2.45) is 0 Å². The molecule has 0 fully saturated rings. The van der Waals surface area contributed by atoms with Crippen molar-refractivity contribution >= 4 is 11.9 Å². The molecule has 1 atom stereocenters. The number of H-pyrrole nitrogens is 1. The van der Waals surface area contributed by atoms with Crippen molar-refractivity contribution in [1.82, 2.24) is 25.9 Å². The average molecular weight is 289 g/mol. The van der Waals surface area contributed by atoms with E-state index in [0.29, 0.717) is 17.0 Å². The number of esters is 1. The van der Waals surface area contributed by atoms with Crippen molar-refractivity contribution in [2.75, 3.05) is 6.61 Å². The number of nitrogens with one attached hydrogen (secondary N) is 2. The number of aromatic amines is 1. The Morgan fingerprint density at radius 1 is 1.43 bits per heavy atom. The van der Waals surface area contributed by atoms with Gasteiger partial charge in [-0.15, -0.1) is 10.2 Å². The Kier molecular flexibility index (Phi) is 4.60. The van der Waals surface area contributed by atoms with Crippen LogP contribution in [0.2, 0.25) is 0 Å². The second-order valence-electron chi connectivity index (χ2n) is 4.26. The van der Waals surface area contributed by atoms with Crippen LogP contribution in [0.3, 0.4) is 0 Å². The summed E-state index contributed by atoms with van der Waals surface area (Å²) in [5.74, 6) is -0.454. The van der Waals surface area contributed by atoms with Crippen LogP contribution in [-0.4, -0.2) is 45.1 Å². The topological polar surface area (TPSA) is 110 Å². The van der Waals surface area contributed by atoms with Crippen molar-refractivity contribution in [3.63, 3.8) is 0 Å². The minimum absolute atomic E-state index is 0.270. The second-order valence-corrected chi connectivity index (χ2v) is 4.26. The van der Waals surface area contributed by atoms with Crippen LogP contribution in [0.1, 0.15) is 24.2 Å². The van der Waals surface area contributed by atoms with E-state index in [1.807, 2.05) is 0 Å². The van der Waals surface area contributed by atoms with E-state index >= 15 is 0 Å². The van der Waals surface area contributed by atoms with Crippen LogP contribution in [0.5, 0.6) is 0 Å². The molecule has 2 aromatic rings. The highest BCUT2D eigenvalue weighted by Crippen LogP contribution is 2.15. The van der Waals surface area contributed by atoms with Crippen LogP contribution < -0.4 is 5.32 Å². The van der Waals surface area contributed by atoms with Crippen molar-refractivity contribution in [1.29, 1.82) is 0 Å². The molecule has 0 saturated heterocycles. The molecule has 1 unspecified atom stereocenters. The summed E-state index contributed by atoms with van der Waals surface area (Å²) in [6.07, 6.45) is 0. The normalized spacial score (nSPS) is 11.7. The molecule has 0 aliphatic rings. The van der Waals surface area contributed by atoms with E-state index in [1.54, 1.807) is 38.1 Å². The predicted molar refractivity (Wildman–Crippen MR) is 73.2 cm³/mol. The molecule has 1 amide bonds. The standard InChI is InChI=1S/C13H15N5O3/c1-3-21-13(20)8(2)14-12(19)10-6-4-5-9(7-10)11-15-17-18-16-11/h4-8H,3H2,1-2H3,(H,14,19)(H,15,16,17,18). The Morgan fingerprint density at radius 3 is 2.90 bits per heavy atom. The van der Waals surface area contributed by atoms with Gasteiger partial charge in [0.15, 0.2) is 0 Å². The van der Waals surface area contributed by atoms with Crippen LogP contribution in [0.15, 0.2) is 24.3 Å². The third-order valence-corrected chi connectivity index (χ3v) is 2.72. The monoisotopic (exact) mass is 289 g/mol. The third-order valence-electron chi connectivity index (χ3n) is 2.72. The first-order valence-electron chi connectivity index (χ1n) is 6.43. The van der Waals surface area contributed by atoms with Gasteiger partial charge in [0.2, 0.25) is 5.82 Å². The number of amides is 1. The summed E-state index contributed by atoms with van der Waals surface area (Å²) < 4.78 is 4.84. The van der Waals surface area contributed by atoms with Gasteiger partial charge in [-0.2, -0.15) is 5.21 Å². The molecule has 2 rings (SSSR count). The lowest BCUT2D eigenvalue weighted by Gasteiger charge is -2.12. The Labute approximate surface area is 120 Å². The maximum absolute atomic E-state index is 12.1. The summed E-state index contributed by atoms with van der Waals surface area (Å²) in [5, 5.41) is 16.1. The summed E-state index contributed by atoms with van der Waals surface area (Å²) in [6, 6.07) is 6.01. The third kappa shape index (κ3) is 3.62. The van der Waals surface area contributed by atoms with E-state index in [-0.39, 0.29) is 12.5 Å². The molecule has 0 bridgehead atoms. The van der Waals surface area contributed by atoms with Crippen molar-refractivity contribution in [2.45, 2.75) is 19.9 Å². The fourth-order valence-corrected chi connectivity index (χ4v) is 1.69. The largest absolute Gasteiger partial charge is 0.464 e. The molecular formula is C13H15N5O3. The fraction of sp³-hybridized carbons (Fsp3) is 0.308. The number of hydrogen-bond acceptors (Lipinski definition) is 6. The number of ether oxygens (including phenoxy) is 1. The molecule has 8 heteroatoms. The van der Waals surface area contributed by atoms with Gasteiger partial charge in [-0.1, -0.05) is 12.1 Å². The summed E-state index contributed by atoms with van der Waals surface area (Å²) in [5.41, 5.74) is 1.05. The molecular weight excluding hydrogens is 274 g/mol. The van der Waals surface area contributed by atoms with Gasteiger partial charge in [0.1, 0.15) is 6.04 Å². The highest BCUT2D eigenvalue weighted by Gasteiger charge is 2.18. The number of nitrogens with zero attached hydrogens (tertiary/aromatic N) is 3. The van der Waals surface area contributed by atoms with Crippen LogP contribution in [0.4, 0.5) is 0 Å². The lowest BCUT2D eigenvalue weighted by Crippen LogP contribution is -2.39. The van der Waals surface area contributed by atoms with Gasteiger partial charge in [0.25, 0.3) is 5.91 Å². The number of carbonyl (C=O) groups excluding carboxylic acids is 2. The Bertz CT molecular complexity index is 626. The minimum Gasteiger partial charge on any atom is -0.464 e. The number of benzene rings is 1. The number of carbonyl (C=O) groups is 2. The molecule has 1 aromatic carbocycles. The van der Waals surface area contributed by atoms with Gasteiger partial charge >= 0.3 is 5.97 Å². The molecule has 0 saturated carbocycles. The molecule has 0 aliphatic carbocycles. The predicted octanol–water partition coefficient (Wildman–Crippen LogP) is 0.548. The number of aromatic nitrogens is 4. The smallest absolute Gasteiger partial charge is 0.328 e. The van der Waals surface area contributed by atoms with Gasteiger partial charge in [0, 0.05) is 11.1 Å². The number of hydrogen-bond donors (Lipinski definition) is 2. The van der Waals surface area contributed by atoms with Gasteiger partial charge < -0.3 is 10.1 Å². The summed E-state index contributed by atoms with van der Waals surface area (Å²) in [6.45, 7) is 3.55. The van der Waals surface area contributed by atoms with E-state index in [0.717, 1.165) is 0 Å². The van der Waals surface area contributed by atoms with Crippen LogP contribution in [0.25, 0.3) is 11.4 Å².